The molecular weight excluding hydrogens is 396 g/mol. The predicted octanol–water partition coefficient (Wildman–Crippen LogP) is 5.18. The smallest absolute Gasteiger partial charge is 0.273 e. The topological polar surface area (TPSA) is 68.5 Å². The zero-order valence-electron chi connectivity index (χ0n) is 16.4. The van der Waals surface area contributed by atoms with Gasteiger partial charge in [-0.2, -0.15) is 0 Å². The zero-order valence-corrected chi connectivity index (χ0v) is 17.2. The minimum absolute atomic E-state index is 0.185. The van der Waals surface area contributed by atoms with Gasteiger partial charge >= 0.3 is 0 Å². The van der Waals surface area contributed by atoms with Crippen molar-refractivity contribution in [2.24, 2.45) is 0 Å². The van der Waals surface area contributed by atoms with Crippen LogP contribution in [0.25, 0.3) is 27.1 Å². The van der Waals surface area contributed by atoms with Gasteiger partial charge in [0, 0.05) is 28.2 Å². The number of methoxy groups -OCH3 is 1. The number of benzene rings is 2. The van der Waals surface area contributed by atoms with Crippen LogP contribution in [0.4, 0.5) is 5.69 Å². The number of fused-ring (bicyclic) bond motifs is 2. The van der Waals surface area contributed by atoms with Gasteiger partial charge in [0.1, 0.15) is 11.4 Å². The maximum absolute atomic E-state index is 13.1. The van der Waals surface area contributed by atoms with Crippen molar-refractivity contribution in [3.05, 3.63) is 77.6 Å². The lowest BCUT2D eigenvalue weighted by Gasteiger charge is -2.09. The van der Waals surface area contributed by atoms with E-state index in [1.165, 1.54) is 11.3 Å². The predicted molar refractivity (Wildman–Crippen MR) is 119 cm³/mol. The number of imidazole rings is 1. The number of thiazole rings is 1. The molecule has 5 rings (SSSR count). The normalized spacial score (nSPS) is 11.1. The average Bonchev–Trinajstić information content (AvgIpc) is 3.34. The van der Waals surface area contributed by atoms with Crippen molar-refractivity contribution in [3.8, 4) is 17.0 Å². The monoisotopic (exact) mass is 414 g/mol. The van der Waals surface area contributed by atoms with Crippen LogP contribution in [0, 0.1) is 6.92 Å². The van der Waals surface area contributed by atoms with Gasteiger partial charge in [-0.25, -0.2) is 4.98 Å². The molecule has 0 spiro atoms. The Morgan fingerprint density at radius 3 is 2.70 bits per heavy atom. The van der Waals surface area contributed by atoms with E-state index in [1.807, 2.05) is 77.5 Å². The first kappa shape index (κ1) is 18.3. The molecular formula is C23H18N4O2S. The largest absolute Gasteiger partial charge is 0.497 e. The third kappa shape index (κ3) is 3.19. The Morgan fingerprint density at radius 1 is 1.10 bits per heavy atom. The molecule has 0 atom stereocenters. The Labute approximate surface area is 176 Å². The molecule has 6 nitrogen and oxygen atoms in total. The number of nitrogens with zero attached hydrogens (tertiary/aromatic N) is 3. The highest BCUT2D eigenvalue weighted by atomic mass is 32.1. The molecule has 0 aliphatic rings. The number of nitrogens with one attached hydrogen (secondary N) is 1. The first-order valence-corrected chi connectivity index (χ1v) is 10.3. The van der Waals surface area contributed by atoms with Crippen LogP contribution >= 0.6 is 11.3 Å². The number of amides is 1. The lowest BCUT2D eigenvalue weighted by atomic mass is 10.1. The summed E-state index contributed by atoms with van der Waals surface area (Å²) in [6.07, 6.45) is 1.89. The summed E-state index contributed by atoms with van der Waals surface area (Å²) in [4.78, 5) is 23.0. The number of para-hydroxylation sites is 1. The van der Waals surface area contributed by atoms with Gasteiger partial charge < -0.3 is 10.1 Å². The van der Waals surface area contributed by atoms with Crippen LogP contribution in [0.3, 0.4) is 0 Å². The molecule has 0 unspecified atom stereocenters. The molecule has 148 valence electrons. The van der Waals surface area contributed by atoms with Crippen molar-refractivity contribution in [1.82, 2.24) is 14.4 Å². The van der Waals surface area contributed by atoms with Crippen molar-refractivity contribution in [2.75, 3.05) is 12.4 Å². The molecule has 3 heterocycles. The molecule has 0 fully saturated rings. The van der Waals surface area contributed by atoms with Gasteiger partial charge in [-0.15, -0.1) is 11.3 Å². The number of hydrogen-bond donors (Lipinski definition) is 1. The van der Waals surface area contributed by atoms with Crippen molar-refractivity contribution in [2.45, 2.75) is 6.92 Å². The second-order valence-corrected chi connectivity index (χ2v) is 7.75. The van der Waals surface area contributed by atoms with Gasteiger partial charge in [0.2, 0.25) is 0 Å². The number of carbonyl (C=O) groups excluding carboxylic acids is 1. The van der Waals surface area contributed by atoms with Gasteiger partial charge in [-0.3, -0.25) is 14.2 Å². The maximum atomic E-state index is 13.1. The molecule has 0 saturated carbocycles. The van der Waals surface area contributed by atoms with Crippen LogP contribution in [-0.4, -0.2) is 27.4 Å². The summed E-state index contributed by atoms with van der Waals surface area (Å²) < 4.78 is 7.04. The van der Waals surface area contributed by atoms with Crippen molar-refractivity contribution < 1.29 is 9.53 Å². The number of pyridine rings is 1. The lowest BCUT2D eigenvalue weighted by molar-refractivity contribution is 0.102. The van der Waals surface area contributed by atoms with Crippen LogP contribution in [0.15, 0.2) is 66.2 Å². The molecule has 0 saturated heterocycles. The Hall–Kier alpha value is -3.71. The van der Waals surface area contributed by atoms with Gasteiger partial charge in [0.05, 0.1) is 24.0 Å². The first-order valence-electron chi connectivity index (χ1n) is 9.41. The van der Waals surface area contributed by atoms with E-state index in [1.54, 1.807) is 7.11 Å². The quantitative estimate of drug-likeness (QED) is 0.440. The van der Waals surface area contributed by atoms with Crippen LogP contribution in [0.2, 0.25) is 0 Å². The average molecular weight is 414 g/mol. The summed E-state index contributed by atoms with van der Waals surface area (Å²) in [6, 6.07) is 17.4. The molecule has 1 N–H and O–H groups in total. The fourth-order valence-electron chi connectivity index (χ4n) is 3.45. The van der Waals surface area contributed by atoms with E-state index in [2.05, 4.69) is 15.3 Å². The standard InChI is InChI=1S/C23H18N4O2S/c1-14-11-19(17-5-3-4-6-18(17)24-14)25-22(28)21-13-30-23-26-20(12-27(21)23)15-7-9-16(29-2)10-8-15/h3-13H,1-2H3,(H,24,25,28). The molecule has 0 aliphatic carbocycles. The highest BCUT2D eigenvalue weighted by Crippen LogP contribution is 2.27. The fraction of sp³-hybridized carbons (Fsp3) is 0.0870. The highest BCUT2D eigenvalue weighted by Gasteiger charge is 2.17. The van der Waals surface area contributed by atoms with Gasteiger partial charge in [0.25, 0.3) is 5.91 Å². The molecule has 1 amide bonds. The Balaban J connectivity index is 1.49. The second-order valence-electron chi connectivity index (χ2n) is 6.91. The molecule has 5 aromatic rings. The Kier molecular flexibility index (Phi) is 4.44. The van der Waals surface area contributed by atoms with Crippen LogP contribution in [0.5, 0.6) is 5.75 Å². The minimum Gasteiger partial charge on any atom is -0.497 e. The number of ether oxygens (including phenoxy) is 1. The van der Waals surface area contributed by atoms with E-state index in [0.717, 1.165) is 44.3 Å². The number of anilines is 1. The fourth-order valence-corrected chi connectivity index (χ4v) is 4.30. The second kappa shape index (κ2) is 7.27. The highest BCUT2D eigenvalue weighted by molar-refractivity contribution is 7.15. The van der Waals surface area contributed by atoms with Crippen molar-refractivity contribution in [1.29, 1.82) is 0 Å². The number of hydrogen-bond acceptors (Lipinski definition) is 5. The summed E-state index contributed by atoms with van der Waals surface area (Å²) in [6.45, 7) is 1.92. The Bertz CT molecular complexity index is 1390. The van der Waals surface area contributed by atoms with E-state index in [4.69, 9.17) is 4.74 Å². The lowest BCUT2D eigenvalue weighted by Crippen LogP contribution is -2.14. The van der Waals surface area contributed by atoms with Crippen LogP contribution in [0.1, 0.15) is 16.2 Å². The summed E-state index contributed by atoms with van der Waals surface area (Å²) in [5.41, 5.74) is 4.77. The molecule has 30 heavy (non-hydrogen) atoms. The van der Waals surface area contributed by atoms with E-state index < -0.39 is 0 Å². The number of aryl methyl sites for hydroxylation is 1. The van der Waals surface area contributed by atoms with E-state index >= 15 is 0 Å². The third-order valence-electron chi connectivity index (χ3n) is 4.92. The van der Waals surface area contributed by atoms with Gasteiger partial charge in [-0.1, -0.05) is 18.2 Å². The number of aromatic nitrogens is 3. The van der Waals surface area contributed by atoms with Gasteiger partial charge in [0.15, 0.2) is 4.96 Å². The summed E-state index contributed by atoms with van der Waals surface area (Å²) in [5.74, 6) is 0.607. The molecule has 0 radical (unpaired) electrons. The molecule has 7 heteroatoms. The summed E-state index contributed by atoms with van der Waals surface area (Å²) in [5, 5.41) is 5.78. The molecule has 2 aromatic carbocycles. The maximum Gasteiger partial charge on any atom is 0.273 e. The number of carbonyl (C=O) groups is 1. The van der Waals surface area contributed by atoms with Crippen LogP contribution < -0.4 is 10.1 Å². The van der Waals surface area contributed by atoms with E-state index in [0.29, 0.717) is 5.69 Å². The first-order chi connectivity index (χ1) is 14.6. The summed E-state index contributed by atoms with van der Waals surface area (Å²) in [7, 11) is 1.64. The molecule has 3 aromatic heterocycles. The SMILES string of the molecule is COc1ccc(-c2cn3c(C(=O)Nc4cc(C)nc5ccccc45)csc3n2)cc1. The third-order valence-corrected chi connectivity index (χ3v) is 5.76. The van der Waals surface area contributed by atoms with Gasteiger partial charge in [-0.05, 0) is 43.3 Å². The van der Waals surface area contributed by atoms with E-state index in [9.17, 15) is 4.79 Å². The Morgan fingerprint density at radius 2 is 1.90 bits per heavy atom. The zero-order chi connectivity index (χ0) is 20.7. The van der Waals surface area contributed by atoms with E-state index in [-0.39, 0.29) is 5.91 Å². The number of rotatable bonds is 4. The van der Waals surface area contributed by atoms with Crippen molar-refractivity contribution in [3.63, 3.8) is 0 Å². The van der Waals surface area contributed by atoms with Crippen LogP contribution in [-0.2, 0) is 0 Å². The van der Waals surface area contributed by atoms with Crippen molar-refractivity contribution >= 4 is 38.8 Å². The molecule has 0 bridgehead atoms. The summed E-state index contributed by atoms with van der Waals surface area (Å²) >= 11 is 1.44. The minimum atomic E-state index is -0.185. The molecule has 0 aliphatic heterocycles.